The number of rotatable bonds is 5. The van der Waals surface area contributed by atoms with Crippen molar-refractivity contribution < 1.29 is 13.6 Å². The van der Waals surface area contributed by atoms with Crippen molar-refractivity contribution >= 4 is 35.0 Å². The molecule has 2 heterocycles. The van der Waals surface area contributed by atoms with Crippen LogP contribution in [0, 0.1) is 11.6 Å². The number of nitrogens with zero attached hydrogens (tertiary/aromatic N) is 4. The molecule has 0 bridgehead atoms. The number of benzene rings is 2. The molecule has 33 heavy (non-hydrogen) atoms. The average molecular weight is 470 g/mol. The van der Waals surface area contributed by atoms with Crippen molar-refractivity contribution in [1.29, 1.82) is 0 Å². The van der Waals surface area contributed by atoms with E-state index >= 15 is 0 Å². The molecule has 0 unspecified atom stereocenters. The number of carbonyl (C=O) groups excluding carboxylic acids is 1. The van der Waals surface area contributed by atoms with E-state index in [0.717, 1.165) is 6.07 Å². The van der Waals surface area contributed by atoms with Gasteiger partial charge in [-0.3, -0.25) is 4.68 Å². The van der Waals surface area contributed by atoms with E-state index in [9.17, 15) is 13.6 Å². The van der Waals surface area contributed by atoms with Crippen LogP contribution in [0.25, 0.3) is 22.5 Å². The van der Waals surface area contributed by atoms with Crippen LogP contribution in [0.5, 0.6) is 0 Å². The van der Waals surface area contributed by atoms with Crippen molar-refractivity contribution in [2.45, 2.75) is 13.5 Å². The van der Waals surface area contributed by atoms with Gasteiger partial charge in [-0.15, -0.1) is 0 Å². The lowest BCUT2D eigenvalue weighted by Crippen LogP contribution is -2.20. The van der Waals surface area contributed by atoms with Crippen molar-refractivity contribution in [2.24, 2.45) is 0 Å². The van der Waals surface area contributed by atoms with Gasteiger partial charge in [0.1, 0.15) is 17.3 Å². The van der Waals surface area contributed by atoms with E-state index in [1.54, 1.807) is 23.0 Å². The Balaban J connectivity index is 1.65. The molecule has 4 aromatic rings. The predicted octanol–water partition coefficient (Wildman–Crippen LogP) is 5.18. The first-order valence-electron chi connectivity index (χ1n) is 9.83. The number of anilines is 3. The molecule has 4 N–H and O–H groups in total. The minimum Gasteiger partial charge on any atom is -0.368 e. The van der Waals surface area contributed by atoms with Crippen molar-refractivity contribution in [3.63, 3.8) is 0 Å². The quantitative estimate of drug-likeness (QED) is 0.372. The molecule has 0 saturated heterocycles. The Morgan fingerprint density at radius 3 is 2.61 bits per heavy atom. The molecule has 4 rings (SSSR count). The van der Waals surface area contributed by atoms with Gasteiger partial charge in [-0.25, -0.2) is 23.5 Å². The molecular weight excluding hydrogens is 452 g/mol. The Hall–Kier alpha value is -4.05. The molecule has 0 fully saturated rings. The van der Waals surface area contributed by atoms with Crippen LogP contribution in [0.2, 0.25) is 5.02 Å². The number of nitrogen functional groups attached to an aromatic ring is 1. The summed E-state index contributed by atoms with van der Waals surface area (Å²) in [6.45, 7) is 2.52. The molecule has 2 amide bonds. The lowest BCUT2D eigenvalue weighted by atomic mass is 10.0. The van der Waals surface area contributed by atoms with Gasteiger partial charge in [0.2, 0.25) is 5.95 Å². The Morgan fingerprint density at radius 1 is 1.09 bits per heavy atom. The second-order valence-electron chi connectivity index (χ2n) is 6.95. The van der Waals surface area contributed by atoms with Crippen LogP contribution in [-0.2, 0) is 6.54 Å². The fourth-order valence-corrected chi connectivity index (χ4v) is 3.30. The minimum absolute atomic E-state index is 0.0945. The van der Waals surface area contributed by atoms with Crippen LogP contribution in [0.3, 0.4) is 0 Å². The second kappa shape index (κ2) is 9.21. The second-order valence-corrected chi connectivity index (χ2v) is 7.38. The van der Waals surface area contributed by atoms with E-state index in [-0.39, 0.29) is 22.3 Å². The van der Waals surface area contributed by atoms with E-state index in [2.05, 4.69) is 25.7 Å². The summed E-state index contributed by atoms with van der Waals surface area (Å²) in [4.78, 5) is 20.5. The van der Waals surface area contributed by atoms with E-state index in [4.69, 9.17) is 17.3 Å². The van der Waals surface area contributed by atoms with E-state index in [0.29, 0.717) is 29.1 Å². The first-order valence-corrected chi connectivity index (χ1v) is 10.2. The molecule has 8 nitrogen and oxygen atoms in total. The first kappa shape index (κ1) is 22.2. The lowest BCUT2D eigenvalue weighted by molar-refractivity contribution is 0.262. The molecule has 11 heteroatoms. The molecule has 0 saturated carbocycles. The van der Waals surface area contributed by atoms with Gasteiger partial charge in [0, 0.05) is 29.5 Å². The van der Waals surface area contributed by atoms with Crippen molar-refractivity contribution in [1.82, 2.24) is 19.7 Å². The SMILES string of the molecule is CCn1cc(-c2ccc(F)c(NC(=O)Nc3ccc(Cl)cc3F)c2)c(-c2ccnc(N)n2)n1. The average Bonchev–Trinajstić information content (AvgIpc) is 3.22. The first-order chi connectivity index (χ1) is 15.8. The third-order valence-corrected chi connectivity index (χ3v) is 4.94. The summed E-state index contributed by atoms with van der Waals surface area (Å²) in [5, 5.41) is 9.45. The number of amides is 2. The van der Waals surface area contributed by atoms with E-state index in [1.165, 1.54) is 30.5 Å². The van der Waals surface area contributed by atoms with Crippen LogP contribution >= 0.6 is 11.6 Å². The number of urea groups is 1. The summed E-state index contributed by atoms with van der Waals surface area (Å²) in [6, 6.07) is 8.87. The largest absolute Gasteiger partial charge is 0.368 e. The van der Waals surface area contributed by atoms with Crippen LogP contribution in [0.1, 0.15) is 6.92 Å². The van der Waals surface area contributed by atoms with Gasteiger partial charge in [0.25, 0.3) is 0 Å². The number of nitrogens with one attached hydrogen (secondary N) is 2. The number of nitrogens with two attached hydrogens (primary N) is 1. The topological polar surface area (TPSA) is 111 Å². The molecule has 0 atom stereocenters. The number of aryl methyl sites for hydroxylation is 1. The summed E-state index contributed by atoms with van der Waals surface area (Å²) in [6.07, 6.45) is 3.30. The van der Waals surface area contributed by atoms with Crippen LogP contribution in [0.15, 0.2) is 54.9 Å². The van der Waals surface area contributed by atoms with Crippen LogP contribution in [-0.4, -0.2) is 25.8 Å². The molecule has 0 radical (unpaired) electrons. The molecule has 2 aromatic carbocycles. The lowest BCUT2D eigenvalue weighted by Gasteiger charge is -2.11. The zero-order valence-electron chi connectivity index (χ0n) is 17.3. The van der Waals surface area contributed by atoms with E-state index in [1.807, 2.05) is 6.92 Å². The Kier molecular flexibility index (Phi) is 6.18. The summed E-state index contributed by atoms with van der Waals surface area (Å²) in [5.74, 6) is -1.29. The van der Waals surface area contributed by atoms with Crippen molar-refractivity contribution in [3.8, 4) is 22.5 Å². The van der Waals surface area contributed by atoms with Gasteiger partial charge in [-0.1, -0.05) is 17.7 Å². The molecule has 0 aliphatic heterocycles. The van der Waals surface area contributed by atoms with Gasteiger partial charge in [0.15, 0.2) is 0 Å². The fraction of sp³-hybridized carbons (Fsp3) is 0.0909. The normalized spacial score (nSPS) is 10.8. The zero-order chi connectivity index (χ0) is 23.5. The maximum Gasteiger partial charge on any atom is 0.323 e. The van der Waals surface area contributed by atoms with Crippen LogP contribution in [0.4, 0.5) is 30.9 Å². The van der Waals surface area contributed by atoms with Gasteiger partial charge < -0.3 is 16.4 Å². The minimum atomic E-state index is -0.819. The standard InChI is InChI=1S/C22H18ClF2N7O/c1-2-32-11-14(20(31-32)18-7-8-27-21(26)28-18)12-3-5-15(24)19(9-12)30-22(33)29-17-6-4-13(23)10-16(17)25/h3-11H,2H2,1H3,(H2,26,27,28)(H2,29,30,33). The van der Waals surface area contributed by atoms with E-state index < -0.39 is 17.7 Å². The smallest absolute Gasteiger partial charge is 0.323 e. The van der Waals surface area contributed by atoms with Crippen molar-refractivity contribution in [3.05, 3.63) is 71.5 Å². The van der Waals surface area contributed by atoms with Crippen LogP contribution < -0.4 is 16.4 Å². The third-order valence-electron chi connectivity index (χ3n) is 4.71. The number of halogens is 3. The highest BCUT2D eigenvalue weighted by molar-refractivity contribution is 6.30. The highest BCUT2D eigenvalue weighted by atomic mass is 35.5. The van der Waals surface area contributed by atoms with Gasteiger partial charge in [0.05, 0.1) is 17.1 Å². The Morgan fingerprint density at radius 2 is 1.88 bits per heavy atom. The number of hydrogen-bond donors (Lipinski definition) is 3. The predicted molar refractivity (Wildman–Crippen MR) is 123 cm³/mol. The Labute approximate surface area is 192 Å². The van der Waals surface area contributed by atoms with Gasteiger partial charge in [-0.2, -0.15) is 5.10 Å². The fourth-order valence-electron chi connectivity index (χ4n) is 3.14. The molecular formula is C22H18ClF2N7O. The van der Waals surface area contributed by atoms with Gasteiger partial charge >= 0.3 is 6.03 Å². The number of aromatic nitrogens is 4. The number of carbonyl (C=O) groups is 1. The Bertz CT molecular complexity index is 1340. The summed E-state index contributed by atoms with van der Waals surface area (Å²) < 4.78 is 30.1. The zero-order valence-corrected chi connectivity index (χ0v) is 18.1. The highest BCUT2D eigenvalue weighted by Crippen LogP contribution is 2.32. The maximum atomic E-state index is 14.5. The number of hydrogen-bond acceptors (Lipinski definition) is 5. The van der Waals surface area contributed by atoms with Gasteiger partial charge in [-0.05, 0) is 48.9 Å². The molecule has 168 valence electrons. The summed E-state index contributed by atoms with van der Waals surface area (Å²) in [7, 11) is 0. The third kappa shape index (κ3) is 4.90. The highest BCUT2D eigenvalue weighted by Gasteiger charge is 2.17. The molecule has 0 aliphatic carbocycles. The monoisotopic (exact) mass is 469 g/mol. The summed E-state index contributed by atoms with van der Waals surface area (Å²) in [5.41, 5.74) is 7.77. The van der Waals surface area contributed by atoms with Crippen molar-refractivity contribution in [2.75, 3.05) is 16.4 Å². The molecule has 0 spiro atoms. The molecule has 2 aromatic heterocycles. The summed E-state index contributed by atoms with van der Waals surface area (Å²) >= 11 is 5.72. The maximum absolute atomic E-state index is 14.5. The molecule has 0 aliphatic rings.